The largest absolute Gasteiger partial charge is 0.342 e. The molecule has 1 aromatic heterocycles. The second-order valence-electron chi connectivity index (χ2n) is 7.52. The molecule has 0 spiro atoms. The van der Waals surface area contributed by atoms with Crippen LogP contribution in [0.3, 0.4) is 0 Å². The third kappa shape index (κ3) is 4.18. The number of carbonyl (C=O) groups excluding carboxylic acids is 2. The highest BCUT2D eigenvalue weighted by Gasteiger charge is 2.28. The SMILES string of the molecule is O=C(Nc1cc2c(cn1)CCC2)C1CCCN(C(=O)Cc2ccccc2)C1. The van der Waals surface area contributed by atoms with Gasteiger partial charge in [0.15, 0.2) is 0 Å². The van der Waals surface area contributed by atoms with Crippen LogP contribution in [0.4, 0.5) is 5.82 Å². The Bertz CT molecular complexity index is 835. The van der Waals surface area contributed by atoms with Gasteiger partial charge in [-0.3, -0.25) is 9.59 Å². The van der Waals surface area contributed by atoms with E-state index in [0.29, 0.717) is 18.8 Å². The summed E-state index contributed by atoms with van der Waals surface area (Å²) in [5.41, 5.74) is 3.60. The Hall–Kier alpha value is -2.69. The zero-order chi connectivity index (χ0) is 18.6. The molecule has 4 rings (SSSR count). The third-order valence-corrected chi connectivity index (χ3v) is 5.57. The second kappa shape index (κ2) is 7.91. The van der Waals surface area contributed by atoms with Gasteiger partial charge in [0.2, 0.25) is 11.8 Å². The molecule has 140 valence electrons. The van der Waals surface area contributed by atoms with Crippen LogP contribution in [0.1, 0.15) is 36.0 Å². The van der Waals surface area contributed by atoms with E-state index in [4.69, 9.17) is 0 Å². The van der Waals surface area contributed by atoms with Crippen molar-refractivity contribution in [3.8, 4) is 0 Å². The van der Waals surface area contributed by atoms with Crippen LogP contribution >= 0.6 is 0 Å². The van der Waals surface area contributed by atoms with E-state index in [1.807, 2.05) is 47.5 Å². The lowest BCUT2D eigenvalue weighted by Crippen LogP contribution is -2.44. The molecule has 1 aromatic carbocycles. The summed E-state index contributed by atoms with van der Waals surface area (Å²) < 4.78 is 0. The normalized spacial score (nSPS) is 18.8. The molecule has 1 fully saturated rings. The summed E-state index contributed by atoms with van der Waals surface area (Å²) in [5.74, 6) is 0.522. The highest BCUT2D eigenvalue weighted by molar-refractivity contribution is 5.92. The molecule has 5 nitrogen and oxygen atoms in total. The Labute approximate surface area is 159 Å². The lowest BCUT2D eigenvalue weighted by molar-refractivity contribution is -0.133. The number of hydrogen-bond donors (Lipinski definition) is 1. The van der Waals surface area contributed by atoms with Crippen LogP contribution in [0.2, 0.25) is 0 Å². The number of aromatic nitrogens is 1. The van der Waals surface area contributed by atoms with E-state index in [1.54, 1.807) is 0 Å². The van der Waals surface area contributed by atoms with E-state index in [9.17, 15) is 9.59 Å². The number of nitrogens with one attached hydrogen (secondary N) is 1. The van der Waals surface area contributed by atoms with Crippen molar-refractivity contribution in [3.63, 3.8) is 0 Å². The third-order valence-electron chi connectivity index (χ3n) is 5.57. The number of piperidine rings is 1. The maximum atomic E-state index is 12.7. The van der Waals surface area contributed by atoms with Crippen LogP contribution in [0.25, 0.3) is 0 Å². The Morgan fingerprint density at radius 1 is 1.11 bits per heavy atom. The Morgan fingerprint density at radius 3 is 2.78 bits per heavy atom. The number of amides is 2. The summed E-state index contributed by atoms with van der Waals surface area (Å²) in [7, 11) is 0. The minimum atomic E-state index is -0.173. The topological polar surface area (TPSA) is 62.3 Å². The molecule has 27 heavy (non-hydrogen) atoms. The fraction of sp³-hybridized carbons (Fsp3) is 0.409. The first kappa shape index (κ1) is 17.7. The van der Waals surface area contributed by atoms with Crippen molar-refractivity contribution in [2.24, 2.45) is 5.92 Å². The summed E-state index contributed by atoms with van der Waals surface area (Å²) in [5, 5.41) is 2.96. The minimum absolute atomic E-state index is 0.0299. The molecule has 0 radical (unpaired) electrons. The van der Waals surface area contributed by atoms with Crippen molar-refractivity contribution >= 4 is 17.6 Å². The molecule has 1 saturated heterocycles. The van der Waals surface area contributed by atoms with Gasteiger partial charge in [0, 0.05) is 19.3 Å². The molecule has 5 heteroatoms. The predicted molar refractivity (Wildman–Crippen MR) is 104 cm³/mol. The van der Waals surface area contributed by atoms with Gasteiger partial charge in [0.25, 0.3) is 0 Å². The van der Waals surface area contributed by atoms with Crippen LogP contribution in [0.5, 0.6) is 0 Å². The van der Waals surface area contributed by atoms with Crippen molar-refractivity contribution in [2.45, 2.75) is 38.5 Å². The van der Waals surface area contributed by atoms with Gasteiger partial charge in [-0.25, -0.2) is 4.98 Å². The first-order chi connectivity index (χ1) is 13.2. The first-order valence-corrected chi connectivity index (χ1v) is 9.79. The molecule has 2 aliphatic rings. The summed E-state index contributed by atoms with van der Waals surface area (Å²) in [6, 6.07) is 11.8. The molecule has 2 aromatic rings. The summed E-state index contributed by atoms with van der Waals surface area (Å²) in [6.45, 7) is 1.22. The number of benzene rings is 1. The Balaban J connectivity index is 1.36. The van der Waals surface area contributed by atoms with Gasteiger partial charge in [-0.1, -0.05) is 30.3 Å². The van der Waals surface area contributed by atoms with Crippen molar-refractivity contribution in [1.29, 1.82) is 0 Å². The molecule has 2 amide bonds. The van der Waals surface area contributed by atoms with Gasteiger partial charge in [0.1, 0.15) is 5.82 Å². The average Bonchev–Trinajstić information content (AvgIpc) is 3.16. The average molecular weight is 363 g/mol. The molecule has 1 aliphatic heterocycles. The molecule has 0 saturated carbocycles. The van der Waals surface area contributed by atoms with Crippen LogP contribution in [0, 0.1) is 5.92 Å². The summed E-state index contributed by atoms with van der Waals surface area (Å²) in [4.78, 5) is 31.5. The Morgan fingerprint density at radius 2 is 1.93 bits per heavy atom. The van der Waals surface area contributed by atoms with E-state index in [2.05, 4.69) is 10.3 Å². The number of anilines is 1. The van der Waals surface area contributed by atoms with E-state index >= 15 is 0 Å². The summed E-state index contributed by atoms with van der Waals surface area (Å²) in [6.07, 6.45) is 7.25. The van der Waals surface area contributed by atoms with Gasteiger partial charge >= 0.3 is 0 Å². The monoisotopic (exact) mass is 363 g/mol. The zero-order valence-corrected chi connectivity index (χ0v) is 15.5. The molecule has 1 N–H and O–H groups in total. The maximum Gasteiger partial charge on any atom is 0.230 e. The fourth-order valence-electron chi connectivity index (χ4n) is 4.05. The fourth-order valence-corrected chi connectivity index (χ4v) is 4.05. The summed E-state index contributed by atoms with van der Waals surface area (Å²) >= 11 is 0. The number of nitrogens with zero attached hydrogens (tertiary/aromatic N) is 2. The number of carbonyl (C=O) groups is 2. The van der Waals surface area contributed by atoms with Crippen molar-refractivity contribution in [3.05, 3.63) is 59.3 Å². The zero-order valence-electron chi connectivity index (χ0n) is 15.5. The predicted octanol–water partition coefficient (Wildman–Crippen LogP) is 2.99. The Kier molecular flexibility index (Phi) is 5.19. The van der Waals surface area contributed by atoms with Crippen LogP contribution in [0.15, 0.2) is 42.6 Å². The van der Waals surface area contributed by atoms with Gasteiger partial charge in [-0.2, -0.15) is 0 Å². The molecular formula is C22H25N3O2. The van der Waals surface area contributed by atoms with E-state index in [-0.39, 0.29) is 17.7 Å². The van der Waals surface area contributed by atoms with Crippen LogP contribution < -0.4 is 5.32 Å². The van der Waals surface area contributed by atoms with Crippen LogP contribution in [-0.4, -0.2) is 34.8 Å². The number of pyridine rings is 1. The van der Waals surface area contributed by atoms with Gasteiger partial charge < -0.3 is 10.2 Å². The number of rotatable bonds is 4. The highest BCUT2D eigenvalue weighted by Crippen LogP contribution is 2.24. The molecule has 1 atom stereocenters. The quantitative estimate of drug-likeness (QED) is 0.908. The maximum absolute atomic E-state index is 12.7. The van der Waals surface area contributed by atoms with E-state index < -0.39 is 0 Å². The lowest BCUT2D eigenvalue weighted by atomic mass is 9.96. The highest BCUT2D eigenvalue weighted by atomic mass is 16.2. The van der Waals surface area contributed by atoms with Gasteiger partial charge in [-0.15, -0.1) is 0 Å². The van der Waals surface area contributed by atoms with Gasteiger partial charge in [-0.05, 0) is 54.9 Å². The number of likely N-dealkylation sites (tertiary alicyclic amines) is 1. The van der Waals surface area contributed by atoms with E-state index in [1.165, 1.54) is 11.1 Å². The van der Waals surface area contributed by atoms with E-state index in [0.717, 1.165) is 44.2 Å². The van der Waals surface area contributed by atoms with Crippen LogP contribution in [-0.2, 0) is 28.9 Å². The number of hydrogen-bond acceptors (Lipinski definition) is 3. The lowest BCUT2D eigenvalue weighted by Gasteiger charge is -2.32. The minimum Gasteiger partial charge on any atom is -0.342 e. The standard InChI is InChI=1S/C22H25N3O2/c26-21(12-16-6-2-1-3-7-16)25-11-5-10-19(15-25)22(27)24-20-13-17-8-4-9-18(17)14-23-20/h1-3,6-7,13-14,19H,4-5,8-12,15H2,(H,23,24,27). The smallest absolute Gasteiger partial charge is 0.230 e. The number of aryl methyl sites for hydroxylation is 2. The first-order valence-electron chi connectivity index (χ1n) is 9.79. The molecule has 0 bridgehead atoms. The second-order valence-corrected chi connectivity index (χ2v) is 7.52. The van der Waals surface area contributed by atoms with Gasteiger partial charge in [0.05, 0.1) is 12.3 Å². The van der Waals surface area contributed by atoms with Crippen molar-refractivity contribution < 1.29 is 9.59 Å². The molecule has 1 unspecified atom stereocenters. The van der Waals surface area contributed by atoms with Crippen molar-refractivity contribution in [1.82, 2.24) is 9.88 Å². The molecule has 2 heterocycles. The number of fused-ring (bicyclic) bond motifs is 1. The van der Waals surface area contributed by atoms with Crippen molar-refractivity contribution in [2.75, 3.05) is 18.4 Å². The molecular weight excluding hydrogens is 338 g/mol. The molecule has 1 aliphatic carbocycles.